The quantitative estimate of drug-likeness (QED) is 0.270. The number of benzene rings is 4. The first-order valence-corrected chi connectivity index (χ1v) is 11.8. The van der Waals surface area contributed by atoms with Crippen molar-refractivity contribution in [3.8, 4) is 33.4 Å². The molecule has 2 aromatic heterocycles. The van der Waals surface area contributed by atoms with Crippen LogP contribution in [0.5, 0.6) is 0 Å². The molecule has 0 saturated heterocycles. The normalized spacial score (nSPS) is 11.2. The molecule has 0 aliphatic rings. The van der Waals surface area contributed by atoms with Crippen molar-refractivity contribution in [2.45, 2.75) is 0 Å². The van der Waals surface area contributed by atoms with Crippen molar-refractivity contribution in [2.75, 3.05) is 0 Å². The van der Waals surface area contributed by atoms with Gasteiger partial charge in [-0.15, -0.1) is 0 Å². The van der Waals surface area contributed by atoms with Gasteiger partial charge in [-0.05, 0) is 11.1 Å². The summed E-state index contributed by atoms with van der Waals surface area (Å²) in [5.41, 5.74) is 10.3. The predicted octanol–water partition coefficient (Wildman–Crippen LogP) is 6.32. The minimum absolute atomic E-state index is 0.632. The second-order valence-corrected chi connectivity index (χ2v) is 8.78. The third-order valence-corrected chi connectivity index (χ3v) is 6.89. The van der Waals surface area contributed by atoms with Crippen molar-refractivity contribution < 1.29 is 9.59 Å². The molecule has 0 aliphatic carbocycles. The molecule has 2 heterocycles. The largest absolute Gasteiger partial charge is 0.298 e. The molecule has 6 rings (SSSR count). The van der Waals surface area contributed by atoms with Crippen LogP contribution >= 0.6 is 23.5 Å². The lowest BCUT2D eigenvalue weighted by Gasteiger charge is -2.10. The van der Waals surface area contributed by atoms with Gasteiger partial charge in [0.15, 0.2) is 0 Å². The van der Waals surface area contributed by atoms with Crippen LogP contribution in [0.15, 0.2) is 72.8 Å². The Morgan fingerprint density at radius 2 is 0.765 bits per heavy atom. The predicted molar refractivity (Wildman–Crippen MR) is 135 cm³/mol. The summed E-state index contributed by atoms with van der Waals surface area (Å²) in [6.07, 6.45) is 1.67. The van der Waals surface area contributed by atoms with Gasteiger partial charge in [-0.1, -0.05) is 72.8 Å². The molecule has 6 aromatic rings. The Bertz CT molecular complexity index is 1560. The maximum absolute atomic E-state index is 11.0. The van der Waals surface area contributed by atoms with E-state index in [2.05, 4.69) is 17.5 Å². The lowest BCUT2D eigenvalue weighted by molar-refractivity contribution is 0.111. The zero-order chi connectivity index (χ0) is 23.1. The molecule has 0 fully saturated rings. The summed E-state index contributed by atoms with van der Waals surface area (Å²) in [6, 6.07) is 23.0. The average molecular weight is 479 g/mol. The molecular weight excluding hydrogens is 464 g/mol. The summed E-state index contributed by atoms with van der Waals surface area (Å²) in [7, 11) is 0. The number of hydrogen-bond donors (Lipinski definition) is 0. The van der Waals surface area contributed by atoms with Gasteiger partial charge in [-0.3, -0.25) is 9.59 Å². The van der Waals surface area contributed by atoms with Crippen LogP contribution in [0.2, 0.25) is 0 Å². The molecule has 0 saturated carbocycles. The number of carbonyl (C=O) groups excluding carboxylic acids is 2. The summed E-state index contributed by atoms with van der Waals surface area (Å²) < 4.78 is 18.3. The maximum atomic E-state index is 11.0. The molecule has 0 atom stereocenters. The van der Waals surface area contributed by atoms with E-state index in [0.717, 1.165) is 68.0 Å². The van der Waals surface area contributed by atoms with Crippen LogP contribution in [0, 0.1) is 0 Å². The third-order valence-electron chi connectivity index (χ3n) is 5.84. The van der Waals surface area contributed by atoms with Crippen molar-refractivity contribution in [1.82, 2.24) is 17.5 Å². The molecule has 8 heteroatoms. The van der Waals surface area contributed by atoms with Gasteiger partial charge in [-0.2, -0.15) is 17.5 Å². The van der Waals surface area contributed by atoms with E-state index in [1.165, 1.54) is 23.5 Å². The van der Waals surface area contributed by atoms with Crippen LogP contribution in [0.1, 0.15) is 20.7 Å². The van der Waals surface area contributed by atoms with Crippen LogP contribution in [0.3, 0.4) is 0 Å². The lowest BCUT2D eigenvalue weighted by Crippen LogP contribution is -1.89. The van der Waals surface area contributed by atoms with Gasteiger partial charge in [0, 0.05) is 33.4 Å². The maximum Gasteiger partial charge on any atom is 0.150 e. The van der Waals surface area contributed by atoms with Gasteiger partial charge in [0.2, 0.25) is 0 Å². The Labute approximate surface area is 202 Å². The number of rotatable bonds is 5. The Morgan fingerprint density at radius 1 is 0.441 bits per heavy atom. The van der Waals surface area contributed by atoms with E-state index in [-0.39, 0.29) is 0 Å². The van der Waals surface area contributed by atoms with Gasteiger partial charge in [0.05, 0.1) is 23.5 Å². The van der Waals surface area contributed by atoms with Gasteiger partial charge in [0.25, 0.3) is 0 Å². The van der Waals surface area contributed by atoms with Crippen molar-refractivity contribution in [3.05, 3.63) is 83.9 Å². The fourth-order valence-corrected chi connectivity index (χ4v) is 5.26. The number of hydrogen-bond acceptors (Lipinski definition) is 8. The van der Waals surface area contributed by atoms with Crippen LogP contribution in [-0.2, 0) is 0 Å². The number of aromatic nitrogens is 4. The topological polar surface area (TPSA) is 85.7 Å². The van der Waals surface area contributed by atoms with Crippen molar-refractivity contribution in [3.63, 3.8) is 0 Å². The molecule has 162 valence electrons. The van der Waals surface area contributed by atoms with E-state index in [1.807, 2.05) is 48.5 Å². The second-order valence-electron chi connectivity index (χ2n) is 7.72. The van der Waals surface area contributed by atoms with Gasteiger partial charge >= 0.3 is 0 Å². The molecule has 0 unspecified atom stereocenters. The molecular formula is C26H14N4O2S2. The highest BCUT2D eigenvalue weighted by Crippen LogP contribution is 2.39. The third kappa shape index (κ3) is 3.32. The summed E-state index contributed by atoms with van der Waals surface area (Å²) >= 11 is 2.34. The Morgan fingerprint density at radius 3 is 1.12 bits per heavy atom. The first-order chi connectivity index (χ1) is 16.8. The molecule has 0 N–H and O–H groups in total. The lowest BCUT2D eigenvalue weighted by atomic mass is 9.94. The summed E-state index contributed by atoms with van der Waals surface area (Å²) in [6.45, 7) is 0. The summed E-state index contributed by atoms with van der Waals surface area (Å²) in [5, 5.41) is 0. The van der Waals surface area contributed by atoms with E-state index in [1.54, 1.807) is 24.3 Å². The Hall–Kier alpha value is -4.14. The Kier molecular flexibility index (Phi) is 5.01. The SMILES string of the molecule is O=Cc1ccc(-c2ccc(-c3ccc(-c4ccc(C=O)cc4)c4nsnc34)c3nsnc23)cc1. The fourth-order valence-electron chi connectivity index (χ4n) is 4.12. The first kappa shape index (κ1) is 20.5. The highest BCUT2D eigenvalue weighted by molar-refractivity contribution is 7.00. The fraction of sp³-hybridized carbons (Fsp3) is 0. The number of fused-ring (bicyclic) bond motifs is 2. The van der Waals surface area contributed by atoms with Crippen molar-refractivity contribution in [1.29, 1.82) is 0 Å². The molecule has 34 heavy (non-hydrogen) atoms. The van der Waals surface area contributed by atoms with E-state index < -0.39 is 0 Å². The van der Waals surface area contributed by atoms with E-state index in [9.17, 15) is 9.59 Å². The summed E-state index contributed by atoms with van der Waals surface area (Å²) in [4.78, 5) is 22.0. The molecule has 0 bridgehead atoms. The Balaban J connectivity index is 1.50. The van der Waals surface area contributed by atoms with Crippen LogP contribution in [-0.4, -0.2) is 30.1 Å². The first-order valence-electron chi connectivity index (χ1n) is 10.4. The van der Waals surface area contributed by atoms with Crippen LogP contribution in [0.25, 0.3) is 55.4 Å². The molecule has 0 amide bonds. The number of nitrogens with zero attached hydrogens (tertiary/aromatic N) is 4. The smallest absolute Gasteiger partial charge is 0.150 e. The standard InChI is InChI=1S/C26H14N4O2S2/c31-13-15-1-5-17(6-2-15)19-9-11-21(25-23(19)27-33-29-25)22-12-10-20(24-26(22)30-34-28-24)18-7-3-16(14-32)4-8-18/h1-14H. The van der Waals surface area contributed by atoms with Crippen LogP contribution < -0.4 is 0 Å². The van der Waals surface area contributed by atoms with E-state index in [0.29, 0.717) is 11.1 Å². The highest BCUT2D eigenvalue weighted by atomic mass is 32.1. The molecule has 0 radical (unpaired) electrons. The molecule has 0 aliphatic heterocycles. The number of aldehydes is 2. The second kappa shape index (κ2) is 8.33. The van der Waals surface area contributed by atoms with Crippen LogP contribution in [0.4, 0.5) is 0 Å². The zero-order valence-electron chi connectivity index (χ0n) is 17.5. The number of carbonyl (C=O) groups is 2. The van der Waals surface area contributed by atoms with Gasteiger partial charge < -0.3 is 0 Å². The van der Waals surface area contributed by atoms with Gasteiger partial charge in [-0.25, -0.2) is 0 Å². The van der Waals surface area contributed by atoms with Crippen molar-refractivity contribution >= 4 is 58.1 Å². The molecule has 6 nitrogen and oxygen atoms in total. The molecule has 0 spiro atoms. The monoisotopic (exact) mass is 478 g/mol. The molecule has 4 aromatic carbocycles. The average Bonchev–Trinajstić information content (AvgIpc) is 3.58. The highest BCUT2D eigenvalue weighted by Gasteiger charge is 2.18. The van der Waals surface area contributed by atoms with E-state index in [4.69, 9.17) is 0 Å². The minimum atomic E-state index is 0.632. The zero-order valence-corrected chi connectivity index (χ0v) is 19.1. The van der Waals surface area contributed by atoms with Gasteiger partial charge in [0.1, 0.15) is 34.6 Å². The van der Waals surface area contributed by atoms with E-state index >= 15 is 0 Å². The van der Waals surface area contributed by atoms with Crippen molar-refractivity contribution in [2.24, 2.45) is 0 Å². The summed E-state index contributed by atoms with van der Waals surface area (Å²) in [5.74, 6) is 0. The minimum Gasteiger partial charge on any atom is -0.298 e.